The number of hydrogen-bond donors (Lipinski definition) is 0. The summed E-state index contributed by atoms with van der Waals surface area (Å²) < 4.78 is 21.2. The van der Waals surface area contributed by atoms with Crippen LogP contribution in [0, 0.1) is 0 Å². The maximum Gasteiger partial charge on any atom is 0.137 e. The van der Waals surface area contributed by atoms with E-state index in [-0.39, 0.29) is 10.2 Å². The van der Waals surface area contributed by atoms with E-state index in [4.69, 9.17) is 14.2 Å². The van der Waals surface area contributed by atoms with E-state index in [1.54, 1.807) is 0 Å². The highest BCUT2D eigenvalue weighted by atomic mass is 127. The van der Waals surface area contributed by atoms with E-state index >= 15 is 0 Å². The van der Waals surface area contributed by atoms with Gasteiger partial charge in [-0.2, -0.15) is 0 Å². The Morgan fingerprint density at radius 2 is 1.19 bits per heavy atom. The van der Waals surface area contributed by atoms with Gasteiger partial charge in [0.1, 0.15) is 36.4 Å². The van der Waals surface area contributed by atoms with Crippen molar-refractivity contribution in [3.05, 3.63) is 35.9 Å². The molecule has 0 aliphatic carbocycles. The van der Waals surface area contributed by atoms with E-state index in [0.29, 0.717) is 13.2 Å². The van der Waals surface area contributed by atoms with Gasteiger partial charge in [0.15, 0.2) is 0 Å². The number of quaternary nitrogens is 2. The molecule has 0 saturated carbocycles. The van der Waals surface area contributed by atoms with Crippen molar-refractivity contribution in [3.63, 3.8) is 0 Å². The lowest BCUT2D eigenvalue weighted by Gasteiger charge is -2.44. The van der Waals surface area contributed by atoms with Gasteiger partial charge in [-0.3, -0.25) is 0 Å². The van der Waals surface area contributed by atoms with Crippen LogP contribution in [-0.4, -0.2) is 92.9 Å². The van der Waals surface area contributed by atoms with Crippen LogP contribution in [0.25, 0.3) is 0 Å². The number of unbranched alkanes of at least 4 members (excludes halogenated alkanes) is 14. The average Bonchev–Trinajstić information content (AvgIpc) is 3.00. The van der Waals surface area contributed by atoms with Crippen molar-refractivity contribution in [2.45, 2.75) is 126 Å². The first-order valence-electron chi connectivity index (χ1n) is 18.0. The molecule has 0 spiro atoms. The zero-order valence-electron chi connectivity index (χ0n) is 28.7. The lowest BCUT2D eigenvalue weighted by atomic mass is 10.0. The van der Waals surface area contributed by atoms with E-state index in [0.717, 1.165) is 26.1 Å². The molecule has 6 heteroatoms. The van der Waals surface area contributed by atoms with Gasteiger partial charge in [-0.15, -0.1) is 0 Å². The molecule has 2 atom stereocenters. The highest BCUT2D eigenvalue weighted by molar-refractivity contribution is 14.1. The summed E-state index contributed by atoms with van der Waals surface area (Å²) in [4.78, 5) is 0. The maximum absolute atomic E-state index is 6.34. The fourth-order valence-corrected chi connectivity index (χ4v) is 6.61. The molecule has 0 N–H and O–H groups in total. The summed E-state index contributed by atoms with van der Waals surface area (Å²) in [7, 11) is 7.15. The van der Waals surface area contributed by atoms with Crippen molar-refractivity contribution in [1.82, 2.24) is 0 Å². The fraction of sp³-hybridized carbons (Fsp3) is 0.838. The maximum atomic E-state index is 6.34. The number of hydrogen-bond acceptors (Lipinski definition) is 3. The molecule has 1 fully saturated rings. The van der Waals surface area contributed by atoms with Crippen LogP contribution in [0.3, 0.4) is 0 Å². The van der Waals surface area contributed by atoms with E-state index in [9.17, 15) is 0 Å². The Bertz CT molecular complexity index is 768. The Hall–Kier alpha value is -0.250. The summed E-state index contributed by atoms with van der Waals surface area (Å²) >= 11 is 2.42. The molecule has 2 rings (SSSR count). The topological polar surface area (TPSA) is 27.7 Å². The van der Waals surface area contributed by atoms with Gasteiger partial charge in [-0.25, -0.2) is 0 Å². The summed E-state index contributed by atoms with van der Waals surface area (Å²) in [5.74, 6) is 0. The standard InChI is InChI=1S/C37H69IN2O3/c1-5-6-7-8-9-10-11-12-13-14-15-16-17-22-32-42-37(38)36(43-33-35-24-19-18-20-25-35)34-41-31-23-21-26-40(4)29-27-39(2,3)28-30-40/h18-20,24-25,36-37H,5-17,21-23,26-34H2,1-4H3/q+2. The van der Waals surface area contributed by atoms with E-state index in [1.807, 2.05) is 0 Å². The number of ether oxygens (including phenoxy) is 3. The third-order valence-electron chi connectivity index (χ3n) is 9.38. The molecule has 0 aromatic heterocycles. The summed E-state index contributed by atoms with van der Waals surface area (Å²) in [5.41, 5.74) is 1.20. The monoisotopic (exact) mass is 716 g/mol. The van der Waals surface area contributed by atoms with E-state index in [2.05, 4.69) is 81.0 Å². The molecule has 5 nitrogen and oxygen atoms in total. The smallest absolute Gasteiger partial charge is 0.137 e. The van der Waals surface area contributed by atoms with Crippen molar-refractivity contribution >= 4 is 22.6 Å². The van der Waals surface area contributed by atoms with Crippen LogP contribution in [0.2, 0.25) is 0 Å². The second-order valence-electron chi connectivity index (χ2n) is 14.1. The molecule has 1 aromatic rings. The molecular weight excluding hydrogens is 647 g/mol. The minimum absolute atomic E-state index is 0.00239. The lowest BCUT2D eigenvalue weighted by Crippen LogP contribution is -2.62. The third-order valence-corrected chi connectivity index (χ3v) is 10.5. The Morgan fingerprint density at radius 1 is 0.651 bits per heavy atom. The Morgan fingerprint density at radius 3 is 1.77 bits per heavy atom. The van der Waals surface area contributed by atoms with E-state index < -0.39 is 0 Å². The molecule has 43 heavy (non-hydrogen) atoms. The zero-order valence-corrected chi connectivity index (χ0v) is 30.9. The normalized spacial score (nSPS) is 17.6. The predicted octanol–water partition coefficient (Wildman–Crippen LogP) is 9.16. The summed E-state index contributed by atoms with van der Waals surface area (Å²) in [6.45, 7) is 11.5. The van der Waals surface area contributed by atoms with Gasteiger partial charge in [-0.05, 0) is 47.4 Å². The van der Waals surface area contributed by atoms with Crippen LogP contribution >= 0.6 is 22.6 Å². The fourth-order valence-electron chi connectivity index (χ4n) is 5.95. The van der Waals surface area contributed by atoms with Crippen LogP contribution < -0.4 is 0 Å². The first-order valence-corrected chi connectivity index (χ1v) is 19.2. The molecule has 2 unspecified atom stereocenters. The van der Waals surface area contributed by atoms with Crippen molar-refractivity contribution in [3.8, 4) is 0 Å². The number of halogens is 1. The van der Waals surface area contributed by atoms with Gasteiger partial charge in [0.2, 0.25) is 0 Å². The zero-order chi connectivity index (χ0) is 31.1. The molecular formula is C37H69IN2O3+2. The number of alkyl halides is 1. The highest BCUT2D eigenvalue weighted by Gasteiger charge is 2.33. The van der Waals surface area contributed by atoms with Crippen molar-refractivity contribution in [2.24, 2.45) is 0 Å². The number of likely N-dealkylation sites (N-methyl/N-ethyl adjacent to an activating group) is 2. The Balaban J connectivity index is 1.55. The van der Waals surface area contributed by atoms with Gasteiger partial charge in [-0.1, -0.05) is 121 Å². The van der Waals surface area contributed by atoms with Crippen LogP contribution in [-0.2, 0) is 20.8 Å². The number of rotatable bonds is 27. The first-order chi connectivity index (χ1) is 20.8. The molecule has 1 saturated heterocycles. The SMILES string of the molecule is CCCCCCCCCCCCCCCCOC(I)C(COCCCC[N+]1(C)CC[N+](C)(C)CC1)OCc1ccccc1. The molecule has 0 radical (unpaired) electrons. The molecule has 1 aliphatic heterocycles. The van der Waals surface area contributed by atoms with Crippen LogP contribution in [0.4, 0.5) is 0 Å². The average molecular weight is 717 g/mol. The van der Waals surface area contributed by atoms with Crippen molar-refractivity contribution < 1.29 is 23.2 Å². The number of nitrogens with zero attached hydrogens (tertiary/aromatic N) is 2. The third kappa shape index (κ3) is 19.8. The predicted molar refractivity (Wildman–Crippen MR) is 192 cm³/mol. The highest BCUT2D eigenvalue weighted by Crippen LogP contribution is 2.18. The lowest BCUT2D eigenvalue weighted by molar-refractivity contribution is -1.01. The van der Waals surface area contributed by atoms with Gasteiger partial charge < -0.3 is 23.2 Å². The summed E-state index contributed by atoms with van der Waals surface area (Å²) in [6, 6.07) is 10.4. The largest absolute Gasteiger partial charge is 0.379 e. The number of piperazine rings is 1. The molecule has 0 amide bonds. The molecule has 0 bridgehead atoms. The van der Waals surface area contributed by atoms with Gasteiger partial charge in [0.05, 0.1) is 40.9 Å². The minimum Gasteiger partial charge on any atom is -0.379 e. The van der Waals surface area contributed by atoms with Crippen LogP contribution in [0.5, 0.6) is 0 Å². The number of benzene rings is 1. The molecule has 1 aliphatic rings. The summed E-state index contributed by atoms with van der Waals surface area (Å²) in [6.07, 6.45) is 21.6. The first kappa shape index (κ1) is 38.9. The van der Waals surface area contributed by atoms with Crippen molar-refractivity contribution in [2.75, 3.05) is 73.7 Å². The minimum atomic E-state index is -0.0564. The Labute approximate surface area is 280 Å². The molecule has 1 aromatic carbocycles. The van der Waals surface area contributed by atoms with Gasteiger partial charge >= 0.3 is 0 Å². The van der Waals surface area contributed by atoms with Crippen LogP contribution in [0.15, 0.2) is 30.3 Å². The Kier molecular flexibility index (Phi) is 21.7. The molecule has 250 valence electrons. The van der Waals surface area contributed by atoms with Crippen molar-refractivity contribution in [1.29, 1.82) is 0 Å². The second-order valence-corrected chi connectivity index (χ2v) is 15.3. The molecule has 1 heterocycles. The van der Waals surface area contributed by atoms with Gasteiger partial charge in [0, 0.05) is 13.2 Å². The van der Waals surface area contributed by atoms with E-state index in [1.165, 1.54) is 137 Å². The second kappa shape index (κ2) is 24.0. The van der Waals surface area contributed by atoms with Crippen LogP contribution in [0.1, 0.15) is 115 Å². The summed E-state index contributed by atoms with van der Waals surface area (Å²) in [5, 5.41) is 0. The quantitative estimate of drug-likeness (QED) is 0.0394. The van der Waals surface area contributed by atoms with Gasteiger partial charge in [0.25, 0.3) is 0 Å².